The predicted molar refractivity (Wildman–Crippen MR) is 274 cm³/mol. The van der Waals surface area contributed by atoms with Crippen LogP contribution in [0.15, 0.2) is 237 Å². The van der Waals surface area contributed by atoms with Crippen LogP contribution in [0.25, 0.3) is 127 Å². The zero-order valence-electron chi connectivity index (χ0n) is 35.4. The van der Waals surface area contributed by atoms with Crippen LogP contribution in [0.4, 0.5) is 0 Å². The van der Waals surface area contributed by atoms with Crippen LogP contribution in [0.1, 0.15) is 0 Å². The minimum absolute atomic E-state index is 0.694. The molecule has 0 aliphatic rings. The van der Waals surface area contributed by atoms with Crippen molar-refractivity contribution in [3.8, 4) is 61.8 Å². The van der Waals surface area contributed by atoms with Gasteiger partial charge in [0.15, 0.2) is 5.82 Å². The van der Waals surface area contributed by atoms with Crippen LogP contribution in [-0.4, -0.2) is 14.5 Å². The summed E-state index contributed by atoms with van der Waals surface area (Å²) in [5.74, 6) is 1.53. The van der Waals surface area contributed by atoms with E-state index in [2.05, 4.69) is 223 Å². The molecule has 0 N–H and O–H groups in total. The molecular formula is C62H39N3. The fraction of sp³-hybridized carbons (Fsp3) is 0. The van der Waals surface area contributed by atoms with Crippen molar-refractivity contribution in [2.45, 2.75) is 0 Å². The topological polar surface area (TPSA) is 30.7 Å². The summed E-state index contributed by atoms with van der Waals surface area (Å²) in [5.41, 5.74) is 12.4. The van der Waals surface area contributed by atoms with Gasteiger partial charge in [0, 0.05) is 28.0 Å². The molecule has 0 fully saturated rings. The van der Waals surface area contributed by atoms with Gasteiger partial charge in [0.2, 0.25) is 0 Å². The molecule has 13 rings (SSSR count). The number of para-hydroxylation sites is 2. The van der Waals surface area contributed by atoms with E-state index in [0.717, 1.165) is 44.8 Å². The lowest BCUT2D eigenvalue weighted by atomic mass is 9.86. The van der Waals surface area contributed by atoms with E-state index >= 15 is 0 Å². The summed E-state index contributed by atoms with van der Waals surface area (Å²) in [7, 11) is 0. The molecule has 65 heavy (non-hydrogen) atoms. The van der Waals surface area contributed by atoms with Crippen LogP contribution in [0.3, 0.4) is 0 Å². The maximum atomic E-state index is 5.19. The van der Waals surface area contributed by atoms with Gasteiger partial charge in [-0.1, -0.05) is 212 Å². The van der Waals surface area contributed by atoms with Crippen LogP contribution in [-0.2, 0) is 0 Å². The van der Waals surface area contributed by atoms with Gasteiger partial charge in [-0.15, -0.1) is 0 Å². The summed E-state index contributed by atoms with van der Waals surface area (Å²) < 4.78 is 2.27. The molecule has 2 heterocycles. The van der Waals surface area contributed by atoms with Gasteiger partial charge in [-0.3, -0.25) is 4.57 Å². The molecule has 0 unspecified atom stereocenters. The van der Waals surface area contributed by atoms with Crippen LogP contribution >= 0.6 is 0 Å². The summed E-state index contributed by atoms with van der Waals surface area (Å²) in [6.45, 7) is 0. The van der Waals surface area contributed by atoms with E-state index in [0.29, 0.717) is 5.82 Å². The van der Waals surface area contributed by atoms with E-state index in [1.54, 1.807) is 0 Å². The number of hydrogen-bond acceptors (Lipinski definition) is 2. The maximum absolute atomic E-state index is 5.19. The molecule has 0 spiro atoms. The molecule has 0 aliphatic carbocycles. The van der Waals surface area contributed by atoms with Gasteiger partial charge in [0.25, 0.3) is 0 Å². The quantitative estimate of drug-likeness (QED) is 0.123. The number of hydrogen-bond donors (Lipinski definition) is 0. The Hall–Kier alpha value is -8.66. The number of fused-ring (bicyclic) bond motifs is 8. The Balaban J connectivity index is 0.871. The van der Waals surface area contributed by atoms with E-state index in [1.807, 2.05) is 18.2 Å². The van der Waals surface area contributed by atoms with Gasteiger partial charge in [-0.25, -0.2) is 9.97 Å². The van der Waals surface area contributed by atoms with Gasteiger partial charge in [0.05, 0.1) is 16.7 Å². The van der Waals surface area contributed by atoms with Crippen molar-refractivity contribution in [2.75, 3.05) is 0 Å². The molecule has 0 saturated carbocycles. The Bertz CT molecular complexity index is 3920. The number of benzene rings is 11. The molecule has 3 heteroatoms. The highest BCUT2D eigenvalue weighted by Crippen LogP contribution is 2.44. The Kier molecular flexibility index (Phi) is 8.53. The van der Waals surface area contributed by atoms with Crippen molar-refractivity contribution in [3.63, 3.8) is 0 Å². The van der Waals surface area contributed by atoms with Gasteiger partial charge < -0.3 is 0 Å². The standard InChI is InChI=1S/C62H39N3/c1-2-15-45(16-3-1)62-63-57(39-60(64-62)65-58-24-12-10-22-52(58)53-23-11-13-25-59(53)65)44-32-28-41(29-33-44)40-26-30-43(31-27-40)48-36-37-54(51-21-9-8-20-50(48)51)61-49-19-7-5-17-46(49)38-56-47-18-6-4-14-42(47)34-35-55(56)61/h1-39H. The Morgan fingerprint density at radius 3 is 1.49 bits per heavy atom. The van der Waals surface area contributed by atoms with Crippen molar-refractivity contribution in [1.29, 1.82) is 0 Å². The highest BCUT2D eigenvalue weighted by atomic mass is 15.1. The fourth-order valence-corrected chi connectivity index (χ4v) is 10.1. The van der Waals surface area contributed by atoms with E-state index in [1.165, 1.54) is 76.1 Å². The van der Waals surface area contributed by atoms with Gasteiger partial charge in [-0.2, -0.15) is 0 Å². The SMILES string of the molecule is c1ccc(-c2nc(-c3ccc(-c4ccc(-c5ccc(-c6c7ccccc7cc7c6ccc6ccccc67)c6ccccc56)cc4)cc3)cc(-n3c4ccccc4c4ccccc43)n2)cc1. The van der Waals surface area contributed by atoms with Crippen LogP contribution < -0.4 is 0 Å². The van der Waals surface area contributed by atoms with Gasteiger partial charge in [-0.05, 0) is 94.7 Å². The molecule has 2 aromatic heterocycles. The lowest BCUT2D eigenvalue weighted by molar-refractivity contribution is 1.05. The minimum atomic E-state index is 0.694. The Labute approximate surface area is 376 Å². The molecule has 0 atom stereocenters. The third-order valence-electron chi connectivity index (χ3n) is 13.2. The summed E-state index contributed by atoms with van der Waals surface area (Å²) >= 11 is 0. The molecular weight excluding hydrogens is 787 g/mol. The summed E-state index contributed by atoms with van der Waals surface area (Å²) in [4.78, 5) is 10.4. The predicted octanol–water partition coefficient (Wildman–Crippen LogP) is 16.5. The molecule has 11 aromatic carbocycles. The second-order valence-electron chi connectivity index (χ2n) is 16.9. The lowest BCUT2D eigenvalue weighted by Gasteiger charge is -2.17. The first-order valence-corrected chi connectivity index (χ1v) is 22.2. The Morgan fingerprint density at radius 2 is 0.800 bits per heavy atom. The number of rotatable bonds is 6. The molecule has 0 amide bonds. The first kappa shape index (κ1) is 36.9. The van der Waals surface area contributed by atoms with Crippen molar-refractivity contribution in [3.05, 3.63) is 237 Å². The van der Waals surface area contributed by atoms with Crippen LogP contribution in [0, 0.1) is 0 Å². The number of aromatic nitrogens is 3. The molecule has 0 bridgehead atoms. The third kappa shape index (κ3) is 6.12. The van der Waals surface area contributed by atoms with Crippen molar-refractivity contribution >= 4 is 64.9 Å². The fourth-order valence-electron chi connectivity index (χ4n) is 10.1. The average Bonchev–Trinajstić information content (AvgIpc) is 3.72. The maximum Gasteiger partial charge on any atom is 0.162 e. The highest BCUT2D eigenvalue weighted by molar-refractivity contribution is 6.23. The molecule has 302 valence electrons. The molecule has 0 aliphatic heterocycles. The lowest BCUT2D eigenvalue weighted by Crippen LogP contribution is -2.02. The van der Waals surface area contributed by atoms with Crippen molar-refractivity contribution < 1.29 is 0 Å². The zero-order chi connectivity index (χ0) is 42.8. The average molecular weight is 826 g/mol. The monoisotopic (exact) mass is 825 g/mol. The summed E-state index contributed by atoms with van der Waals surface area (Å²) in [6.07, 6.45) is 0. The van der Waals surface area contributed by atoms with E-state index in [4.69, 9.17) is 9.97 Å². The Morgan fingerprint density at radius 1 is 0.277 bits per heavy atom. The molecule has 0 saturated heterocycles. The normalized spacial score (nSPS) is 11.7. The summed E-state index contributed by atoms with van der Waals surface area (Å²) in [5, 5.41) is 12.5. The summed E-state index contributed by atoms with van der Waals surface area (Å²) in [6, 6.07) is 85.3. The second kappa shape index (κ2) is 15.0. The minimum Gasteiger partial charge on any atom is -0.294 e. The first-order chi connectivity index (χ1) is 32.2. The highest BCUT2D eigenvalue weighted by Gasteiger charge is 2.18. The third-order valence-corrected chi connectivity index (χ3v) is 13.2. The first-order valence-electron chi connectivity index (χ1n) is 22.2. The van der Waals surface area contributed by atoms with E-state index in [-0.39, 0.29) is 0 Å². The van der Waals surface area contributed by atoms with Crippen LogP contribution in [0.2, 0.25) is 0 Å². The van der Waals surface area contributed by atoms with Gasteiger partial charge in [0.1, 0.15) is 5.82 Å². The van der Waals surface area contributed by atoms with Crippen LogP contribution in [0.5, 0.6) is 0 Å². The van der Waals surface area contributed by atoms with E-state index < -0.39 is 0 Å². The molecule has 3 nitrogen and oxygen atoms in total. The molecule has 0 radical (unpaired) electrons. The smallest absolute Gasteiger partial charge is 0.162 e. The van der Waals surface area contributed by atoms with Crippen molar-refractivity contribution in [1.82, 2.24) is 14.5 Å². The molecule has 13 aromatic rings. The zero-order valence-corrected chi connectivity index (χ0v) is 35.4. The van der Waals surface area contributed by atoms with Gasteiger partial charge >= 0.3 is 0 Å². The number of nitrogens with zero attached hydrogens (tertiary/aromatic N) is 3. The van der Waals surface area contributed by atoms with E-state index in [9.17, 15) is 0 Å². The second-order valence-corrected chi connectivity index (χ2v) is 16.9. The van der Waals surface area contributed by atoms with Crippen molar-refractivity contribution in [2.24, 2.45) is 0 Å². The largest absolute Gasteiger partial charge is 0.294 e.